The first-order valence-electron chi connectivity index (χ1n) is 9.56. The molecule has 0 bridgehead atoms. The zero-order valence-corrected chi connectivity index (χ0v) is 15.7. The van der Waals surface area contributed by atoms with E-state index in [9.17, 15) is 0 Å². The van der Waals surface area contributed by atoms with E-state index >= 15 is 0 Å². The quantitative estimate of drug-likeness (QED) is 0.516. The number of benzene rings is 2. The first-order chi connectivity index (χ1) is 12.2. The average Bonchev–Trinajstić information content (AvgIpc) is 3.00. The van der Waals surface area contributed by atoms with E-state index in [0.717, 1.165) is 32.2 Å². The van der Waals surface area contributed by atoms with E-state index in [4.69, 9.17) is 5.73 Å². The molecule has 0 fully saturated rings. The number of nitrogens with one attached hydrogen (secondary N) is 1. The third-order valence-corrected chi connectivity index (χ3v) is 5.34. The molecule has 2 aromatic carbocycles. The normalized spacial score (nSPS) is 12.6. The van der Waals surface area contributed by atoms with Crippen molar-refractivity contribution in [3.8, 4) is 11.3 Å². The Morgan fingerprint density at radius 3 is 2.48 bits per heavy atom. The highest BCUT2D eigenvalue weighted by molar-refractivity contribution is 5.93. The van der Waals surface area contributed by atoms with Gasteiger partial charge < -0.3 is 10.7 Å². The summed E-state index contributed by atoms with van der Waals surface area (Å²) in [5.41, 5.74) is 13.8. The number of H-pyrrole nitrogens is 1. The number of hydrogen-bond acceptors (Lipinski definition) is 1. The molecule has 0 aliphatic rings. The highest BCUT2D eigenvalue weighted by Crippen LogP contribution is 2.36. The summed E-state index contributed by atoms with van der Waals surface area (Å²) in [6, 6.07) is 15.6. The van der Waals surface area contributed by atoms with Crippen LogP contribution in [-0.4, -0.2) is 11.5 Å². The maximum Gasteiger partial charge on any atom is 0.0497 e. The molecular formula is C23H30N2. The fourth-order valence-electron chi connectivity index (χ4n) is 3.60. The van der Waals surface area contributed by atoms with Gasteiger partial charge >= 0.3 is 0 Å². The Hall–Kier alpha value is -2.06. The van der Waals surface area contributed by atoms with E-state index in [1.165, 1.54) is 38.9 Å². The molecule has 0 spiro atoms. The van der Waals surface area contributed by atoms with Gasteiger partial charge in [-0.15, -0.1) is 0 Å². The van der Waals surface area contributed by atoms with Crippen LogP contribution >= 0.6 is 0 Å². The summed E-state index contributed by atoms with van der Waals surface area (Å²) in [7, 11) is 0. The predicted molar refractivity (Wildman–Crippen MR) is 109 cm³/mol. The van der Waals surface area contributed by atoms with E-state index in [-0.39, 0.29) is 0 Å². The van der Waals surface area contributed by atoms with Crippen LogP contribution < -0.4 is 5.73 Å². The molecule has 3 N–H and O–H groups in total. The molecule has 2 nitrogen and oxygen atoms in total. The molecule has 0 aliphatic carbocycles. The SMILES string of the molecule is CCC(C)c1cccc2c(CCCCN)c(-c3ccc(C)cc3)[nH]c12. The number of fused-ring (bicyclic) bond motifs is 1. The summed E-state index contributed by atoms with van der Waals surface area (Å²) < 4.78 is 0. The van der Waals surface area contributed by atoms with Gasteiger partial charge in [0.05, 0.1) is 0 Å². The number of nitrogens with two attached hydrogens (primary N) is 1. The zero-order chi connectivity index (χ0) is 17.8. The van der Waals surface area contributed by atoms with Crippen molar-refractivity contribution in [3.63, 3.8) is 0 Å². The maximum atomic E-state index is 5.72. The fraction of sp³-hybridized carbons (Fsp3) is 0.391. The number of unbranched alkanes of at least 4 members (excludes halogenated alkanes) is 1. The Balaban J connectivity index is 2.16. The molecule has 0 aliphatic heterocycles. The number of para-hydroxylation sites is 1. The van der Waals surface area contributed by atoms with Crippen molar-refractivity contribution in [2.75, 3.05) is 6.54 Å². The van der Waals surface area contributed by atoms with Crippen molar-refractivity contribution in [2.45, 2.75) is 52.4 Å². The van der Waals surface area contributed by atoms with E-state index in [1.54, 1.807) is 0 Å². The lowest BCUT2D eigenvalue weighted by molar-refractivity contribution is 0.738. The van der Waals surface area contributed by atoms with Crippen LogP contribution in [0.4, 0.5) is 0 Å². The maximum absolute atomic E-state index is 5.72. The number of aryl methyl sites for hydroxylation is 2. The van der Waals surface area contributed by atoms with E-state index in [2.05, 4.69) is 68.2 Å². The van der Waals surface area contributed by atoms with Crippen molar-refractivity contribution >= 4 is 10.9 Å². The highest BCUT2D eigenvalue weighted by Gasteiger charge is 2.17. The molecule has 3 rings (SSSR count). The Kier molecular flexibility index (Phi) is 5.60. The molecule has 0 radical (unpaired) electrons. The summed E-state index contributed by atoms with van der Waals surface area (Å²) in [5.74, 6) is 0.560. The van der Waals surface area contributed by atoms with Gasteiger partial charge in [0.2, 0.25) is 0 Å². The lowest BCUT2D eigenvalue weighted by atomic mass is 9.94. The third kappa shape index (κ3) is 3.64. The summed E-state index contributed by atoms with van der Waals surface area (Å²) in [6.07, 6.45) is 4.44. The minimum atomic E-state index is 0.560. The fourth-order valence-corrected chi connectivity index (χ4v) is 3.60. The van der Waals surface area contributed by atoms with Gasteiger partial charge in [0.1, 0.15) is 0 Å². The van der Waals surface area contributed by atoms with Crippen LogP contribution in [0.1, 0.15) is 55.7 Å². The van der Waals surface area contributed by atoms with Crippen LogP contribution in [0.2, 0.25) is 0 Å². The zero-order valence-electron chi connectivity index (χ0n) is 15.7. The Labute approximate surface area is 151 Å². The lowest BCUT2D eigenvalue weighted by Crippen LogP contribution is -1.99. The first-order valence-corrected chi connectivity index (χ1v) is 9.56. The average molecular weight is 335 g/mol. The van der Waals surface area contributed by atoms with Gasteiger partial charge in [0.15, 0.2) is 0 Å². The smallest absolute Gasteiger partial charge is 0.0497 e. The third-order valence-electron chi connectivity index (χ3n) is 5.34. The molecule has 132 valence electrons. The number of rotatable bonds is 7. The molecule has 1 unspecified atom stereocenters. The van der Waals surface area contributed by atoms with Crippen molar-refractivity contribution in [1.82, 2.24) is 4.98 Å². The van der Waals surface area contributed by atoms with Gasteiger partial charge in [-0.2, -0.15) is 0 Å². The number of hydrogen-bond donors (Lipinski definition) is 2. The van der Waals surface area contributed by atoms with Crippen LogP contribution in [0.15, 0.2) is 42.5 Å². The standard InChI is InChI=1S/C23H30N2/c1-4-17(3)19-9-7-10-21-20(8-5-6-15-24)22(25-23(19)21)18-13-11-16(2)12-14-18/h7,9-14,17,25H,4-6,8,15,24H2,1-3H3. The topological polar surface area (TPSA) is 41.8 Å². The van der Waals surface area contributed by atoms with Crippen molar-refractivity contribution in [2.24, 2.45) is 5.73 Å². The van der Waals surface area contributed by atoms with Gasteiger partial charge in [-0.05, 0) is 61.8 Å². The lowest BCUT2D eigenvalue weighted by Gasteiger charge is -2.10. The van der Waals surface area contributed by atoms with Crippen molar-refractivity contribution < 1.29 is 0 Å². The van der Waals surface area contributed by atoms with Crippen molar-refractivity contribution in [1.29, 1.82) is 0 Å². The minimum absolute atomic E-state index is 0.560. The highest BCUT2D eigenvalue weighted by atomic mass is 14.7. The summed E-state index contributed by atoms with van der Waals surface area (Å²) >= 11 is 0. The first kappa shape index (κ1) is 17.8. The molecular weight excluding hydrogens is 304 g/mol. The summed E-state index contributed by atoms with van der Waals surface area (Å²) in [6.45, 7) is 7.48. The van der Waals surface area contributed by atoms with Crippen LogP contribution in [0, 0.1) is 6.92 Å². The molecule has 1 heterocycles. The molecule has 25 heavy (non-hydrogen) atoms. The van der Waals surface area contributed by atoms with Crippen LogP contribution in [0.25, 0.3) is 22.2 Å². The molecule has 0 amide bonds. The van der Waals surface area contributed by atoms with Crippen LogP contribution in [0.3, 0.4) is 0 Å². The predicted octanol–water partition coefficient (Wildman–Crippen LogP) is 5.94. The Morgan fingerprint density at radius 1 is 1.04 bits per heavy atom. The molecule has 1 aromatic heterocycles. The second kappa shape index (κ2) is 7.88. The van der Waals surface area contributed by atoms with Gasteiger partial charge in [-0.1, -0.05) is 61.9 Å². The Morgan fingerprint density at radius 2 is 1.80 bits per heavy atom. The minimum Gasteiger partial charge on any atom is -0.354 e. The second-order valence-corrected chi connectivity index (χ2v) is 7.17. The number of aromatic nitrogens is 1. The molecule has 2 heteroatoms. The molecule has 0 saturated heterocycles. The second-order valence-electron chi connectivity index (χ2n) is 7.17. The van der Waals surface area contributed by atoms with Gasteiger partial charge in [-0.25, -0.2) is 0 Å². The van der Waals surface area contributed by atoms with Crippen molar-refractivity contribution in [3.05, 3.63) is 59.2 Å². The summed E-state index contributed by atoms with van der Waals surface area (Å²) in [5, 5.41) is 1.38. The molecule has 0 saturated carbocycles. The van der Waals surface area contributed by atoms with E-state index in [1.807, 2.05) is 0 Å². The van der Waals surface area contributed by atoms with E-state index < -0.39 is 0 Å². The van der Waals surface area contributed by atoms with Gasteiger partial charge in [-0.3, -0.25) is 0 Å². The largest absolute Gasteiger partial charge is 0.354 e. The monoisotopic (exact) mass is 334 g/mol. The van der Waals surface area contributed by atoms with Gasteiger partial charge in [0, 0.05) is 16.6 Å². The Bertz CT molecular complexity index is 827. The molecule has 1 atom stereocenters. The molecule has 3 aromatic rings. The number of aromatic amines is 1. The van der Waals surface area contributed by atoms with Crippen LogP contribution in [0.5, 0.6) is 0 Å². The summed E-state index contributed by atoms with van der Waals surface area (Å²) in [4.78, 5) is 3.78. The van der Waals surface area contributed by atoms with Crippen LogP contribution in [-0.2, 0) is 6.42 Å². The van der Waals surface area contributed by atoms with Gasteiger partial charge in [0.25, 0.3) is 0 Å². The van der Waals surface area contributed by atoms with E-state index in [0.29, 0.717) is 5.92 Å².